The van der Waals surface area contributed by atoms with Crippen molar-refractivity contribution in [2.45, 2.75) is 19.4 Å². The highest BCUT2D eigenvalue weighted by Gasteiger charge is 2.16. The second-order valence-corrected chi connectivity index (χ2v) is 4.88. The minimum Gasteiger partial charge on any atom is -0.493 e. The lowest BCUT2D eigenvalue weighted by molar-refractivity contribution is -0.144. The molecule has 1 aromatic carbocycles. The molecule has 1 aromatic rings. The van der Waals surface area contributed by atoms with Gasteiger partial charge in [0, 0.05) is 5.33 Å². The highest BCUT2D eigenvalue weighted by molar-refractivity contribution is 9.09. The lowest BCUT2D eigenvalue weighted by Gasteiger charge is -2.14. The first kappa shape index (κ1) is 16.8. The fraction of sp³-hybridized carbons (Fsp3) is 0.500. The maximum atomic E-state index is 11.5. The predicted octanol–water partition coefficient (Wildman–Crippen LogP) is 1.90. The van der Waals surface area contributed by atoms with Crippen LogP contribution in [0.5, 0.6) is 11.5 Å². The molecule has 112 valence electrons. The molecular weight excluding hydrogens is 326 g/mol. The number of nitrogens with two attached hydrogens (primary N) is 1. The van der Waals surface area contributed by atoms with E-state index >= 15 is 0 Å². The van der Waals surface area contributed by atoms with E-state index in [1.54, 1.807) is 14.0 Å². The SMILES string of the molecule is CCOC(=O)C(N)Cc1ccc(OCCBr)c(OC)c1. The van der Waals surface area contributed by atoms with E-state index in [1.165, 1.54) is 0 Å². The monoisotopic (exact) mass is 345 g/mol. The Hall–Kier alpha value is -1.27. The summed E-state index contributed by atoms with van der Waals surface area (Å²) in [5.41, 5.74) is 6.69. The van der Waals surface area contributed by atoms with Gasteiger partial charge in [-0.3, -0.25) is 4.79 Å². The van der Waals surface area contributed by atoms with Crippen molar-refractivity contribution in [2.24, 2.45) is 5.73 Å². The van der Waals surface area contributed by atoms with Crippen LogP contribution < -0.4 is 15.2 Å². The van der Waals surface area contributed by atoms with Gasteiger partial charge in [-0.25, -0.2) is 0 Å². The van der Waals surface area contributed by atoms with E-state index in [0.717, 1.165) is 10.9 Å². The number of hydrogen-bond acceptors (Lipinski definition) is 5. The van der Waals surface area contributed by atoms with Crippen molar-refractivity contribution in [2.75, 3.05) is 25.7 Å². The Balaban J connectivity index is 2.74. The summed E-state index contributed by atoms with van der Waals surface area (Å²) in [6.45, 7) is 2.64. The summed E-state index contributed by atoms with van der Waals surface area (Å²) in [7, 11) is 1.57. The summed E-state index contributed by atoms with van der Waals surface area (Å²) in [5, 5.41) is 0.742. The fourth-order valence-corrected chi connectivity index (χ4v) is 1.86. The summed E-state index contributed by atoms with van der Waals surface area (Å²) < 4.78 is 15.7. The van der Waals surface area contributed by atoms with Gasteiger partial charge in [0.1, 0.15) is 6.04 Å². The molecule has 0 saturated carbocycles. The van der Waals surface area contributed by atoms with E-state index < -0.39 is 12.0 Å². The van der Waals surface area contributed by atoms with Crippen molar-refractivity contribution in [3.63, 3.8) is 0 Å². The number of benzene rings is 1. The number of rotatable bonds is 8. The Kier molecular flexibility index (Phi) is 7.40. The molecule has 6 heteroatoms. The Bertz CT molecular complexity index is 439. The van der Waals surface area contributed by atoms with E-state index in [2.05, 4.69) is 15.9 Å². The molecule has 1 rings (SSSR count). The van der Waals surface area contributed by atoms with E-state index in [0.29, 0.717) is 31.1 Å². The Morgan fingerprint density at radius 3 is 2.75 bits per heavy atom. The predicted molar refractivity (Wildman–Crippen MR) is 80.6 cm³/mol. The number of carbonyl (C=O) groups excluding carboxylic acids is 1. The quantitative estimate of drug-likeness (QED) is 0.575. The molecule has 0 aliphatic heterocycles. The van der Waals surface area contributed by atoms with Crippen LogP contribution in [0.15, 0.2) is 18.2 Å². The number of carbonyl (C=O) groups is 1. The number of halogens is 1. The van der Waals surface area contributed by atoms with E-state index in [9.17, 15) is 4.79 Å². The first-order valence-electron chi connectivity index (χ1n) is 6.40. The van der Waals surface area contributed by atoms with Crippen LogP contribution in [0.1, 0.15) is 12.5 Å². The molecule has 20 heavy (non-hydrogen) atoms. The smallest absolute Gasteiger partial charge is 0.323 e. The van der Waals surface area contributed by atoms with E-state index in [-0.39, 0.29) is 0 Å². The summed E-state index contributed by atoms with van der Waals surface area (Å²) in [6.07, 6.45) is 0.397. The molecule has 0 heterocycles. The third-order valence-electron chi connectivity index (χ3n) is 2.61. The molecule has 0 aliphatic carbocycles. The number of methoxy groups -OCH3 is 1. The van der Waals surface area contributed by atoms with Crippen molar-refractivity contribution in [3.8, 4) is 11.5 Å². The first-order valence-corrected chi connectivity index (χ1v) is 7.52. The van der Waals surface area contributed by atoms with Crippen LogP contribution in [-0.4, -0.2) is 37.7 Å². The standard InChI is InChI=1S/C14H20BrNO4/c1-3-19-14(17)11(16)8-10-4-5-12(20-7-6-15)13(9-10)18-2/h4-5,9,11H,3,6-8,16H2,1-2H3. The molecular formula is C14H20BrNO4. The lowest BCUT2D eigenvalue weighted by atomic mass is 10.1. The van der Waals surface area contributed by atoms with Gasteiger partial charge in [0.15, 0.2) is 11.5 Å². The Morgan fingerprint density at radius 1 is 1.40 bits per heavy atom. The van der Waals surface area contributed by atoms with Gasteiger partial charge in [-0.2, -0.15) is 0 Å². The first-order chi connectivity index (χ1) is 9.62. The van der Waals surface area contributed by atoms with Crippen molar-refractivity contribution < 1.29 is 19.0 Å². The van der Waals surface area contributed by atoms with Crippen LogP contribution in [-0.2, 0) is 16.0 Å². The molecule has 0 radical (unpaired) electrons. The molecule has 0 bridgehead atoms. The van der Waals surface area contributed by atoms with Crippen molar-refractivity contribution in [1.29, 1.82) is 0 Å². The highest BCUT2D eigenvalue weighted by atomic mass is 79.9. The molecule has 0 saturated heterocycles. The van der Waals surface area contributed by atoms with Crippen LogP contribution in [0, 0.1) is 0 Å². The van der Waals surface area contributed by atoms with E-state index in [1.807, 2.05) is 18.2 Å². The maximum Gasteiger partial charge on any atom is 0.323 e. The summed E-state index contributed by atoms with van der Waals surface area (Å²) in [6, 6.07) is 4.83. The van der Waals surface area contributed by atoms with Crippen LogP contribution in [0.2, 0.25) is 0 Å². The average molecular weight is 346 g/mol. The summed E-state index contributed by atoms with van der Waals surface area (Å²) >= 11 is 3.30. The van der Waals surface area contributed by atoms with Gasteiger partial charge in [0.2, 0.25) is 0 Å². The summed E-state index contributed by atoms with van der Waals surface area (Å²) in [5.74, 6) is 0.894. The maximum absolute atomic E-state index is 11.5. The van der Waals surface area contributed by atoms with Gasteiger partial charge in [0.25, 0.3) is 0 Å². The zero-order chi connectivity index (χ0) is 15.0. The number of ether oxygens (including phenoxy) is 3. The van der Waals surface area contributed by atoms with Gasteiger partial charge in [-0.1, -0.05) is 22.0 Å². The van der Waals surface area contributed by atoms with Gasteiger partial charge in [-0.05, 0) is 31.0 Å². The molecule has 0 amide bonds. The molecule has 0 spiro atoms. The molecule has 0 fully saturated rings. The minimum absolute atomic E-state index is 0.329. The lowest BCUT2D eigenvalue weighted by Crippen LogP contribution is -2.34. The van der Waals surface area contributed by atoms with Gasteiger partial charge < -0.3 is 19.9 Å². The molecule has 2 N–H and O–H groups in total. The Labute approximate surface area is 127 Å². The van der Waals surface area contributed by atoms with Crippen LogP contribution in [0.25, 0.3) is 0 Å². The van der Waals surface area contributed by atoms with E-state index in [4.69, 9.17) is 19.9 Å². The number of hydrogen-bond donors (Lipinski definition) is 1. The Morgan fingerprint density at radius 2 is 2.15 bits per heavy atom. The van der Waals surface area contributed by atoms with Crippen molar-refractivity contribution in [1.82, 2.24) is 0 Å². The molecule has 5 nitrogen and oxygen atoms in total. The highest BCUT2D eigenvalue weighted by Crippen LogP contribution is 2.28. The largest absolute Gasteiger partial charge is 0.493 e. The number of alkyl halides is 1. The second kappa shape index (κ2) is 8.81. The van der Waals surface area contributed by atoms with Crippen LogP contribution in [0.4, 0.5) is 0 Å². The fourth-order valence-electron chi connectivity index (χ4n) is 1.69. The number of esters is 1. The van der Waals surface area contributed by atoms with Gasteiger partial charge in [0.05, 0.1) is 20.3 Å². The molecule has 0 aromatic heterocycles. The third-order valence-corrected chi connectivity index (χ3v) is 2.93. The van der Waals surface area contributed by atoms with Gasteiger partial charge in [-0.15, -0.1) is 0 Å². The normalized spacial score (nSPS) is 11.8. The third kappa shape index (κ3) is 5.02. The van der Waals surface area contributed by atoms with Crippen LogP contribution >= 0.6 is 15.9 Å². The van der Waals surface area contributed by atoms with Crippen molar-refractivity contribution >= 4 is 21.9 Å². The molecule has 1 unspecified atom stereocenters. The average Bonchev–Trinajstić information content (AvgIpc) is 2.45. The van der Waals surface area contributed by atoms with Crippen LogP contribution in [0.3, 0.4) is 0 Å². The zero-order valence-corrected chi connectivity index (χ0v) is 13.3. The second-order valence-electron chi connectivity index (χ2n) is 4.09. The molecule has 1 atom stereocenters. The van der Waals surface area contributed by atoms with Gasteiger partial charge >= 0.3 is 5.97 Å². The summed E-state index contributed by atoms with van der Waals surface area (Å²) in [4.78, 5) is 11.5. The minimum atomic E-state index is -0.672. The molecule has 0 aliphatic rings. The topological polar surface area (TPSA) is 70.8 Å². The van der Waals surface area contributed by atoms with Crippen molar-refractivity contribution in [3.05, 3.63) is 23.8 Å². The zero-order valence-electron chi connectivity index (χ0n) is 11.7.